The number of benzene rings is 1. The summed E-state index contributed by atoms with van der Waals surface area (Å²) in [5.41, 5.74) is 0.922. The number of rotatable bonds is 4. The van der Waals surface area contributed by atoms with Crippen LogP contribution in [0.4, 0.5) is 0 Å². The monoisotopic (exact) mass is 311 g/mol. The molecule has 6 nitrogen and oxygen atoms in total. The molecular formula is C14H17NO5S. The van der Waals surface area contributed by atoms with Crippen LogP contribution in [-0.4, -0.2) is 42.2 Å². The molecular weight excluding hydrogens is 294 g/mol. The molecule has 1 saturated heterocycles. The third-order valence-electron chi connectivity index (χ3n) is 3.52. The van der Waals surface area contributed by atoms with Crippen molar-refractivity contribution in [2.75, 3.05) is 6.54 Å². The molecule has 0 aliphatic carbocycles. The summed E-state index contributed by atoms with van der Waals surface area (Å²) in [4.78, 5) is 22.9. The van der Waals surface area contributed by atoms with Crippen molar-refractivity contribution in [3.05, 3.63) is 29.8 Å². The van der Waals surface area contributed by atoms with Crippen molar-refractivity contribution >= 4 is 21.8 Å². The summed E-state index contributed by atoms with van der Waals surface area (Å²) in [6.07, 6.45) is 0.141. The minimum absolute atomic E-state index is 0.0817. The zero-order chi connectivity index (χ0) is 15.6. The van der Waals surface area contributed by atoms with Crippen molar-refractivity contribution in [2.24, 2.45) is 0 Å². The number of hydrogen-bond donors (Lipinski definition) is 1. The molecule has 1 aromatic carbocycles. The first-order valence-corrected chi connectivity index (χ1v) is 8.09. The Morgan fingerprint density at radius 3 is 2.52 bits per heavy atom. The van der Waals surface area contributed by atoms with Gasteiger partial charge in [0.1, 0.15) is 0 Å². The fourth-order valence-corrected chi connectivity index (χ4v) is 4.05. The lowest BCUT2D eigenvalue weighted by molar-refractivity contribution is -0.141. The molecule has 1 fully saturated rings. The highest BCUT2D eigenvalue weighted by molar-refractivity contribution is 7.89. The average Bonchev–Trinajstić information content (AvgIpc) is 2.41. The van der Waals surface area contributed by atoms with Gasteiger partial charge >= 0.3 is 5.97 Å². The number of sulfonamides is 1. The van der Waals surface area contributed by atoms with E-state index in [1.165, 1.54) is 12.1 Å². The van der Waals surface area contributed by atoms with Gasteiger partial charge in [0.15, 0.2) is 5.78 Å². The van der Waals surface area contributed by atoms with E-state index in [0.717, 1.165) is 9.87 Å². The van der Waals surface area contributed by atoms with Crippen molar-refractivity contribution in [1.82, 2.24) is 4.31 Å². The van der Waals surface area contributed by atoms with Gasteiger partial charge in [-0.2, -0.15) is 4.31 Å². The third kappa shape index (κ3) is 3.30. The molecule has 1 heterocycles. The Bertz CT molecular complexity index is 650. The number of ketones is 1. The standard InChI is InChI=1S/C14H17NO5S/c1-10-4-6-11(7-5-10)21(19,20)15-8-2-3-13(16)12(15)9-14(17)18/h4-7,12H,2-3,8-9H2,1H3,(H,17,18). The van der Waals surface area contributed by atoms with E-state index in [1.54, 1.807) is 12.1 Å². The Morgan fingerprint density at radius 2 is 1.95 bits per heavy atom. The van der Waals surface area contributed by atoms with E-state index in [-0.39, 0.29) is 23.6 Å². The second kappa shape index (κ2) is 5.95. The quantitative estimate of drug-likeness (QED) is 0.902. The Morgan fingerprint density at radius 1 is 1.33 bits per heavy atom. The lowest BCUT2D eigenvalue weighted by Gasteiger charge is -2.32. The largest absolute Gasteiger partial charge is 0.481 e. The lowest BCUT2D eigenvalue weighted by atomic mass is 10.0. The second-order valence-corrected chi connectivity index (χ2v) is 7.00. The highest BCUT2D eigenvalue weighted by Crippen LogP contribution is 2.25. The molecule has 1 aliphatic rings. The van der Waals surface area contributed by atoms with Gasteiger partial charge in [0.2, 0.25) is 10.0 Å². The van der Waals surface area contributed by atoms with Gasteiger partial charge in [-0.25, -0.2) is 8.42 Å². The van der Waals surface area contributed by atoms with Gasteiger partial charge in [0.25, 0.3) is 0 Å². The average molecular weight is 311 g/mol. The highest BCUT2D eigenvalue weighted by Gasteiger charge is 2.39. The van der Waals surface area contributed by atoms with E-state index in [4.69, 9.17) is 5.11 Å². The number of aryl methyl sites for hydroxylation is 1. The number of Topliss-reactive ketones (excluding diaryl/α,β-unsaturated/α-hetero) is 1. The fourth-order valence-electron chi connectivity index (χ4n) is 2.41. The zero-order valence-electron chi connectivity index (χ0n) is 11.7. The van der Waals surface area contributed by atoms with Crippen LogP contribution in [0.15, 0.2) is 29.2 Å². The van der Waals surface area contributed by atoms with Crippen LogP contribution in [-0.2, 0) is 19.6 Å². The summed E-state index contributed by atoms with van der Waals surface area (Å²) >= 11 is 0. The molecule has 2 rings (SSSR count). The molecule has 1 atom stereocenters. The molecule has 7 heteroatoms. The molecule has 1 aromatic rings. The fraction of sp³-hybridized carbons (Fsp3) is 0.429. The molecule has 0 aromatic heterocycles. The predicted molar refractivity (Wildman–Crippen MR) is 75.4 cm³/mol. The van der Waals surface area contributed by atoms with Gasteiger partial charge in [-0.05, 0) is 25.5 Å². The van der Waals surface area contributed by atoms with E-state index < -0.39 is 28.5 Å². The number of piperidine rings is 1. The Balaban J connectivity index is 2.38. The van der Waals surface area contributed by atoms with Gasteiger partial charge in [-0.15, -0.1) is 0 Å². The maximum absolute atomic E-state index is 12.6. The van der Waals surface area contributed by atoms with Crippen LogP contribution >= 0.6 is 0 Å². The van der Waals surface area contributed by atoms with E-state index in [9.17, 15) is 18.0 Å². The summed E-state index contributed by atoms with van der Waals surface area (Å²) in [7, 11) is -3.86. The Hall–Kier alpha value is -1.73. The van der Waals surface area contributed by atoms with E-state index in [2.05, 4.69) is 0 Å². The van der Waals surface area contributed by atoms with E-state index in [0.29, 0.717) is 6.42 Å². The number of hydrogen-bond acceptors (Lipinski definition) is 4. The molecule has 0 spiro atoms. The molecule has 1 N–H and O–H groups in total. The van der Waals surface area contributed by atoms with Crippen LogP contribution in [0.5, 0.6) is 0 Å². The van der Waals surface area contributed by atoms with Crippen molar-refractivity contribution in [2.45, 2.75) is 37.1 Å². The molecule has 0 bridgehead atoms. The molecule has 1 unspecified atom stereocenters. The molecule has 114 valence electrons. The van der Waals surface area contributed by atoms with Crippen molar-refractivity contribution in [3.63, 3.8) is 0 Å². The number of aliphatic carboxylic acids is 1. The zero-order valence-corrected chi connectivity index (χ0v) is 12.5. The first-order chi connectivity index (χ1) is 9.82. The lowest BCUT2D eigenvalue weighted by Crippen LogP contribution is -2.49. The van der Waals surface area contributed by atoms with Crippen LogP contribution in [0.25, 0.3) is 0 Å². The SMILES string of the molecule is Cc1ccc(S(=O)(=O)N2CCCC(=O)C2CC(=O)O)cc1. The van der Waals surface area contributed by atoms with Crippen LogP contribution < -0.4 is 0 Å². The summed E-state index contributed by atoms with van der Waals surface area (Å²) in [6.45, 7) is 2.01. The molecule has 0 amide bonds. The topological polar surface area (TPSA) is 91.8 Å². The van der Waals surface area contributed by atoms with Crippen molar-refractivity contribution in [1.29, 1.82) is 0 Å². The molecule has 1 aliphatic heterocycles. The minimum Gasteiger partial charge on any atom is -0.481 e. The van der Waals surface area contributed by atoms with Crippen LogP contribution in [0, 0.1) is 6.92 Å². The van der Waals surface area contributed by atoms with Crippen LogP contribution in [0.2, 0.25) is 0 Å². The van der Waals surface area contributed by atoms with Gasteiger partial charge in [-0.1, -0.05) is 17.7 Å². The summed E-state index contributed by atoms with van der Waals surface area (Å²) in [5.74, 6) is -1.52. The van der Waals surface area contributed by atoms with E-state index in [1.807, 2.05) is 6.92 Å². The van der Waals surface area contributed by atoms with Gasteiger partial charge < -0.3 is 5.11 Å². The molecule has 0 saturated carbocycles. The Labute approximate surface area is 123 Å². The second-order valence-electron chi connectivity index (χ2n) is 5.11. The van der Waals surface area contributed by atoms with Crippen molar-refractivity contribution < 1.29 is 23.1 Å². The number of carboxylic acids is 1. The number of carbonyl (C=O) groups excluding carboxylic acids is 1. The first-order valence-electron chi connectivity index (χ1n) is 6.65. The predicted octanol–water partition coefficient (Wildman–Crippen LogP) is 1.19. The molecule has 0 radical (unpaired) electrons. The normalized spacial score (nSPS) is 20.4. The summed E-state index contributed by atoms with van der Waals surface area (Å²) in [6, 6.07) is 5.18. The van der Waals surface area contributed by atoms with Crippen molar-refractivity contribution in [3.8, 4) is 0 Å². The number of carbonyl (C=O) groups is 2. The van der Waals surface area contributed by atoms with Crippen LogP contribution in [0.1, 0.15) is 24.8 Å². The van der Waals surface area contributed by atoms with E-state index >= 15 is 0 Å². The smallest absolute Gasteiger partial charge is 0.305 e. The van der Waals surface area contributed by atoms with Gasteiger partial charge in [-0.3, -0.25) is 9.59 Å². The number of nitrogens with zero attached hydrogens (tertiary/aromatic N) is 1. The van der Waals surface area contributed by atoms with Gasteiger partial charge in [0.05, 0.1) is 17.4 Å². The summed E-state index contributed by atoms with van der Waals surface area (Å²) < 4.78 is 26.3. The molecule has 21 heavy (non-hydrogen) atoms. The maximum atomic E-state index is 12.6. The van der Waals surface area contributed by atoms with Gasteiger partial charge in [0, 0.05) is 13.0 Å². The summed E-state index contributed by atoms with van der Waals surface area (Å²) in [5, 5.41) is 8.90. The maximum Gasteiger partial charge on any atom is 0.305 e. The Kier molecular flexibility index (Phi) is 4.43. The minimum atomic E-state index is -3.86. The first kappa shape index (κ1) is 15.7. The highest BCUT2D eigenvalue weighted by atomic mass is 32.2. The van der Waals surface area contributed by atoms with Crippen LogP contribution in [0.3, 0.4) is 0 Å². The third-order valence-corrected chi connectivity index (χ3v) is 5.44. The number of carboxylic acid groups (broad SMARTS) is 1.